The summed E-state index contributed by atoms with van der Waals surface area (Å²) in [6.07, 6.45) is -0.463. The van der Waals surface area contributed by atoms with Crippen LogP contribution in [0.1, 0.15) is 31.9 Å². The van der Waals surface area contributed by atoms with E-state index < -0.39 is 11.7 Å². The first-order chi connectivity index (χ1) is 14.8. The average Bonchev–Trinajstić information content (AvgIpc) is 2.73. The van der Waals surface area contributed by atoms with Crippen molar-refractivity contribution >= 4 is 17.8 Å². The summed E-state index contributed by atoms with van der Waals surface area (Å²) in [5.74, 6) is 0. The van der Waals surface area contributed by atoms with Gasteiger partial charge in [0.05, 0.1) is 0 Å². The van der Waals surface area contributed by atoms with Gasteiger partial charge in [-0.25, -0.2) is 9.59 Å². The number of piperazine rings is 1. The van der Waals surface area contributed by atoms with Gasteiger partial charge in [-0.05, 0) is 44.0 Å². The van der Waals surface area contributed by atoms with E-state index in [0.717, 1.165) is 25.2 Å². The number of nitrogens with zero attached hydrogens (tertiary/aromatic N) is 2. The van der Waals surface area contributed by atoms with E-state index in [1.54, 1.807) is 0 Å². The molecule has 2 aromatic carbocycles. The molecule has 7 heteroatoms. The average molecular weight is 425 g/mol. The molecule has 1 saturated heterocycles. The number of hydrogen-bond acceptors (Lipinski definition) is 4. The van der Waals surface area contributed by atoms with Gasteiger partial charge in [-0.15, -0.1) is 0 Å². The summed E-state index contributed by atoms with van der Waals surface area (Å²) in [7, 11) is 0. The van der Waals surface area contributed by atoms with Crippen molar-refractivity contribution in [2.24, 2.45) is 0 Å². The largest absolute Gasteiger partial charge is 0.444 e. The summed E-state index contributed by atoms with van der Waals surface area (Å²) in [5, 5.41) is 5.70. The van der Waals surface area contributed by atoms with Gasteiger partial charge in [-0.3, -0.25) is 4.90 Å². The highest BCUT2D eigenvalue weighted by atomic mass is 16.6. The zero-order valence-corrected chi connectivity index (χ0v) is 18.6. The third kappa shape index (κ3) is 7.61. The topological polar surface area (TPSA) is 73.9 Å². The Kier molecular flexibility index (Phi) is 7.52. The Morgan fingerprint density at radius 1 is 0.935 bits per heavy atom. The number of anilines is 1. The molecule has 0 aliphatic carbocycles. The number of benzene rings is 2. The van der Waals surface area contributed by atoms with Crippen LogP contribution in [0.25, 0.3) is 0 Å². The summed E-state index contributed by atoms with van der Waals surface area (Å²) in [4.78, 5) is 28.7. The molecule has 3 amide bonds. The van der Waals surface area contributed by atoms with E-state index in [2.05, 4.69) is 39.8 Å². The molecular weight excluding hydrogens is 392 g/mol. The minimum Gasteiger partial charge on any atom is -0.444 e. The molecule has 1 aliphatic heterocycles. The summed E-state index contributed by atoms with van der Waals surface area (Å²) in [5.41, 5.74) is 2.35. The SMILES string of the molecule is CC(C)(C)OC(=O)NCc1cccc(NC(=O)N2CCN(Cc3ccccc3)CC2)c1. The summed E-state index contributed by atoms with van der Waals surface area (Å²) < 4.78 is 5.25. The smallest absolute Gasteiger partial charge is 0.407 e. The number of hydrogen-bond donors (Lipinski definition) is 2. The van der Waals surface area contributed by atoms with Crippen molar-refractivity contribution in [3.05, 3.63) is 65.7 Å². The first-order valence-electron chi connectivity index (χ1n) is 10.7. The number of carbonyl (C=O) groups is 2. The Morgan fingerprint density at radius 2 is 1.61 bits per heavy atom. The van der Waals surface area contributed by atoms with Gasteiger partial charge >= 0.3 is 12.1 Å². The molecule has 3 rings (SSSR count). The summed E-state index contributed by atoms with van der Waals surface area (Å²) >= 11 is 0. The van der Waals surface area contributed by atoms with Crippen molar-refractivity contribution in [1.29, 1.82) is 0 Å². The predicted molar refractivity (Wildman–Crippen MR) is 122 cm³/mol. The van der Waals surface area contributed by atoms with Gasteiger partial charge < -0.3 is 20.3 Å². The van der Waals surface area contributed by atoms with E-state index in [9.17, 15) is 9.59 Å². The highest BCUT2D eigenvalue weighted by Crippen LogP contribution is 2.14. The van der Waals surface area contributed by atoms with E-state index >= 15 is 0 Å². The standard InChI is InChI=1S/C24H32N4O3/c1-24(2,3)31-23(30)25-17-20-10-7-11-21(16-20)26-22(29)28-14-12-27(13-15-28)18-19-8-5-4-6-9-19/h4-11,16H,12-15,17-18H2,1-3H3,(H,25,30)(H,26,29). The predicted octanol–water partition coefficient (Wildman–Crippen LogP) is 4.06. The number of urea groups is 1. The first kappa shape index (κ1) is 22.6. The van der Waals surface area contributed by atoms with Crippen LogP contribution in [0.2, 0.25) is 0 Å². The van der Waals surface area contributed by atoms with Crippen LogP contribution in [0.3, 0.4) is 0 Å². The number of amides is 3. The molecule has 7 nitrogen and oxygen atoms in total. The van der Waals surface area contributed by atoms with Crippen LogP contribution in [0.5, 0.6) is 0 Å². The van der Waals surface area contributed by atoms with Crippen molar-refractivity contribution in [1.82, 2.24) is 15.1 Å². The molecule has 1 heterocycles. The van der Waals surface area contributed by atoms with Crippen LogP contribution < -0.4 is 10.6 Å². The number of carbonyl (C=O) groups excluding carboxylic acids is 2. The lowest BCUT2D eigenvalue weighted by Gasteiger charge is -2.34. The van der Waals surface area contributed by atoms with Crippen LogP contribution in [0.4, 0.5) is 15.3 Å². The fraction of sp³-hybridized carbons (Fsp3) is 0.417. The second-order valence-electron chi connectivity index (χ2n) is 8.73. The Hall–Kier alpha value is -3.06. The van der Waals surface area contributed by atoms with E-state index in [0.29, 0.717) is 25.3 Å². The van der Waals surface area contributed by atoms with Crippen molar-refractivity contribution < 1.29 is 14.3 Å². The van der Waals surface area contributed by atoms with Crippen molar-refractivity contribution in [2.75, 3.05) is 31.5 Å². The molecule has 0 radical (unpaired) electrons. The Bertz CT molecular complexity index is 872. The van der Waals surface area contributed by atoms with Crippen molar-refractivity contribution in [3.63, 3.8) is 0 Å². The minimum atomic E-state index is -0.537. The van der Waals surface area contributed by atoms with Crippen LogP contribution in [-0.4, -0.2) is 53.7 Å². The lowest BCUT2D eigenvalue weighted by Crippen LogP contribution is -2.49. The van der Waals surface area contributed by atoms with Crippen LogP contribution >= 0.6 is 0 Å². The summed E-state index contributed by atoms with van der Waals surface area (Å²) in [6, 6.07) is 17.8. The lowest BCUT2D eigenvalue weighted by molar-refractivity contribution is 0.0523. The molecule has 31 heavy (non-hydrogen) atoms. The van der Waals surface area contributed by atoms with Gasteiger partial charge in [-0.2, -0.15) is 0 Å². The monoisotopic (exact) mass is 424 g/mol. The van der Waals surface area contributed by atoms with Crippen LogP contribution in [0, 0.1) is 0 Å². The fourth-order valence-electron chi connectivity index (χ4n) is 3.40. The van der Waals surface area contributed by atoms with Crippen LogP contribution in [0.15, 0.2) is 54.6 Å². The third-order valence-corrected chi connectivity index (χ3v) is 4.92. The highest BCUT2D eigenvalue weighted by molar-refractivity contribution is 5.89. The highest BCUT2D eigenvalue weighted by Gasteiger charge is 2.21. The van der Waals surface area contributed by atoms with Gasteiger partial charge in [0, 0.05) is 45.0 Å². The molecule has 2 N–H and O–H groups in total. The van der Waals surface area contributed by atoms with Gasteiger partial charge in [0.15, 0.2) is 0 Å². The van der Waals surface area contributed by atoms with Gasteiger partial charge in [0.2, 0.25) is 0 Å². The number of rotatable bonds is 5. The molecular formula is C24H32N4O3. The Labute approximate surface area is 184 Å². The fourth-order valence-corrected chi connectivity index (χ4v) is 3.40. The molecule has 0 atom stereocenters. The number of nitrogens with one attached hydrogen (secondary N) is 2. The molecule has 0 saturated carbocycles. The maximum absolute atomic E-state index is 12.7. The molecule has 0 unspecified atom stereocenters. The van der Waals surface area contributed by atoms with Gasteiger partial charge in [0.25, 0.3) is 0 Å². The lowest BCUT2D eigenvalue weighted by atomic mass is 10.2. The Balaban J connectivity index is 1.45. The van der Waals surface area contributed by atoms with Gasteiger partial charge in [0.1, 0.15) is 5.60 Å². The third-order valence-electron chi connectivity index (χ3n) is 4.92. The molecule has 166 valence electrons. The maximum Gasteiger partial charge on any atom is 0.407 e. The van der Waals surface area contributed by atoms with Crippen LogP contribution in [-0.2, 0) is 17.8 Å². The first-order valence-corrected chi connectivity index (χ1v) is 10.7. The van der Waals surface area contributed by atoms with E-state index in [-0.39, 0.29) is 6.03 Å². The second kappa shape index (κ2) is 10.3. The molecule has 0 aromatic heterocycles. The van der Waals surface area contributed by atoms with Gasteiger partial charge in [-0.1, -0.05) is 42.5 Å². The van der Waals surface area contributed by atoms with E-state index in [4.69, 9.17) is 4.74 Å². The Morgan fingerprint density at radius 3 is 2.29 bits per heavy atom. The van der Waals surface area contributed by atoms with Crippen molar-refractivity contribution in [3.8, 4) is 0 Å². The maximum atomic E-state index is 12.7. The molecule has 0 spiro atoms. The number of alkyl carbamates (subject to hydrolysis) is 1. The molecule has 2 aromatic rings. The molecule has 1 fully saturated rings. The summed E-state index contributed by atoms with van der Waals surface area (Å²) in [6.45, 7) is 9.79. The zero-order valence-electron chi connectivity index (χ0n) is 18.6. The second-order valence-corrected chi connectivity index (χ2v) is 8.73. The zero-order chi connectivity index (χ0) is 22.3. The van der Waals surface area contributed by atoms with E-state index in [1.807, 2.05) is 56.0 Å². The molecule has 0 bridgehead atoms. The van der Waals surface area contributed by atoms with Crippen molar-refractivity contribution in [2.45, 2.75) is 39.5 Å². The number of ether oxygens (including phenoxy) is 1. The normalized spacial score (nSPS) is 14.7. The quantitative estimate of drug-likeness (QED) is 0.759. The van der Waals surface area contributed by atoms with E-state index in [1.165, 1.54) is 5.56 Å². The molecule has 1 aliphatic rings. The minimum absolute atomic E-state index is 0.100.